The first-order chi connectivity index (χ1) is 7.75. The van der Waals surface area contributed by atoms with Gasteiger partial charge < -0.3 is 9.63 Å². The second-order valence-corrected chi connectivity index (χ2v) is 4.49. The van der Waals surface area contributed by atoms with E-state index in [4.69, 9.17) is 9.63 Å². The molecule has 1 N–H and O–H groups in total. The molecule has 0 radical (unpaired) electrons. The predicted octanol–water partition coefficient (Wildman–Crippen LogP) is 0.507. The average molecular weight is 223 g/mol. The molecule has 0 aliphatic carbocycles. The normalized spacial score (nSPS) is 33.4. The Labute approximate surface area is 92.2 Å². The summed E-state index contributed by atoms with van der Waals surface area (Å²) >= 11 is 0. The zero-order valence-electron chi connectivity index (χ0n) is 8.74. The van der Waals surface area contributed by atoms with Gasteiger partial charge in [0.05, 0.1) is 12.5 Å². The minimum absolute atomic E-state index is 0.148. The van der Waals surface area contributed by atoms with Gasteiger partial charge in [0.2, 0.25) is 5.89 Å². The fourth-order valence-corrected chi connectivity index (χ4v) is 3.03. The number of hydrogen-bond donors (Lipinski definition) is 1. The van der Waals surface area contributed by atoms with Gasteiger partial charge in [-0.25, -0.2) is 0 Å². The molecule has 2 saturated heterocycles. The molecule has 1 aromatic rings. The van der Waals surface area contributed by atoms with Crippen molar-refractivity contribution in [2.24, 2.45) is 5.92 Å². The van der Waals surface area contributed by atoms with E-state index < -0.39 is 5.97 Å². The number of aromatic nitrogens is 2. The van der Waals surface area contributed by atoms with Gasteiger partial charge in [-0.2, -0.15) is 4.98 Å². The van der Waals surface area contributed by atoms with Crippen molar-refractivity contribution in [2.45, 2.75) is 37.9 Å². The molecule has 0 saturated carbocycles. The number of aliphatic carboxylic acids is 1. The number of rotatable bonds is 3. The highest BCUT2D eigenvalue weighted by Gasteiger charge is 2.49. The fourth-order valence-electron chi connectivity index (χ4n) is 3.03. The zero-order valence-corrected chi connectivity index (χ0v) is 8.74. The number of carboxylic acid groups (broad SMARTS) is 1. The van der Waals surface area contributed by atoms with Gasteiger partial charge in [-0.1, -0.05) is 5.16 Å². The highest BCUT2D eigenvalue weighted by Crippen LogP contribution is 2.42. The van der Waals surface area contributed by atoms with Crippen molar-refractivity contribution in [1.29, 1.82) is 0 Å². The van der Waals surface area contributed by atoms with Crippen molar-refractivity contribution in [2.75, 3.05) is 0 Å². The monoisotopic (exact) mass is 223 g/mol. The minimum Gasteiger partial charge on any atom is -0.481 e. The lowest BCUT2D eigenvalue weighted by molar-refractivity contribution is -0.142. The zero-order chi connectivity index (χ0) is 11.1. The Balaban J connectivity index is 1.75. The maximum Gasteiger partial charge on any atom is 0.308 e. The summed E-state index contributed by atoms with van der Waals surface area (Å²) in [7, 11) is 0. The first-order valence-corrected chi connectivity index (χ1v) is 5.50. The van der Waals surface area contributed by atoms with Gasteiger partial charge in [0.25, 0.3) is 0 Å². The summed E-state index contributed by atoms with van der Waals surface area (Å²) in [4.78, 5) is 17.2. The largest absolute Gasteiger partial charge is 0.481 e. The van der Waals surface area contributed by atoms with Crippen LogP contribution in [-0.2, 0) is 11.3 Å². The molecule has 1 aromatic heterocycles. The maximum absolute atomic E-state index is 11.1. The SMILES string of the molecule is O=C(O)C1CC2CCC1N2Cc1ncno1. The first kappa shape index (κ1) is 9.77. The molecular formula is C10H13N3O3. The summed E-state index contributed by atoms with van der Waals surface area (Å²) < 4.78 is 4.97. The smallest absolute Gasteiger partial charge is 0.308 e. The topological polar surface area (TPSA) is 79.5 Å². The number of carbonyl (C=O) groups is 1. The number of fused-ring (bicyclic) bond motifs is 2. The van der Waals surface area contributed by atoms with E-state index >= 15 is 0 Å². The molecule has 0 aromatic carbocycles. The van der Waals surface area contributed by atoms with Crippen molar-refractivity contribution in [3.8, 4) is 0 Å². The van der Waals surface area contributed by atoms with Crippen LogP contribution in [-0.4, -0.2) is 38.2 Å². The Morgan fingerprint density at radius 1 is 1.62 bits per heavy atom. The average Bonchev–Trinajstić information content (AvgIpc) is 2.96. The highest BCUT2D eigenvalue weighted by molar-refractivity contribution is 5.71. The number of nitrogens with zero attached hydrogens (tertiary/aromatic N) is 3. The van der Waals surface area contributed by atoms with E-state index in [-0.39, 0.29) is 12.0 Å². The van der Waals surface area contributed by atoms with Gasteiger partial charge >= 0.3 is 5.97 Å². The Morgan fingerprint density at radius 3 is 3.12 bits per heavy atom. The lowest BCUT2D eigenvalue weighted by atomic mass is 9.89. The van der Waals surface area contributed by atoms with Crippen LogP contribution in [0.15, 0.2) is 10.9 Å². The summed E-state index contributed by atoms with van der Waals surface area (Å²) in [6.07, 6.45) is 4.19. The second-order valence-electron chi connectivity index (χ2n) is 4.49. The van der Waals surface area contributed by atoms with Crippen LogP contribution >= 0.6 is 0 Å². The molecule has 6 nitrogen and oxygen atoms in total. The third-order valence-corrected chi connectivity index (χ3v) is 3.72. The number of carboxylic acids is 1. The van der Waals surface area contributed by atoms with Crippen LogP contribution in [0, 0.1) is 5.92 Å². The quantitative estimate of drug-likeness (QED) is 0.804. The van der Waals surface area contributed by atoms with Crippen LogP contribution in [0.1, 0.15) is 25.2 Å². The predicted molar refractivity (Wildman–Crippen MR) is 52.4 cm³/mol. The molecule has 2 fully saturated rings. The van der Waals surface area contributed by atoms with E-state index in [1.807, 2.05) is 0 Å². The van der Waals surface area contributed by atoms with Crippen LogP contribution in [0.4, 0.5) is 0 Å². The van der Waals surface area contributed by atoms with Gasteiger partial charge in [-0.05, 0) is 19.3 Å². The van der Waals surface area contributed by atoms with Crippen LogP contribution in [0.5, 0.6) is 0 Å². The summed E-state index contributed by atoms with van der Waals surface area (Å²) in [5, 5.41) is 12.7. The van der Waals surface area contributed by atoms with Crippen molar-refractivity contribution >= 4 is 5.97 Å². The molecule has 3 rings (SSSR count). The lowest BCUT2D eigenvalue weighted by Gasteiger charge is -2.20. The van der Waals surface area contributed by atoms with Gasteiger partial charge in [-0.15, -0.1) is 0 Å². The molecule has 0 amide bonds. The molecule has 2 bridgehead atoms. The molecule has 3 heterocycles. The lowest BCUT2D eigenvalue weighted by Crippen LogP contribution is -2.32. The van der Waals surface area contributed by atoms with Gasteiger partial charge in [0.15, 0.2) is 6.33 Å². The van der Waals surface area contributed by atoms with E-state index in [9.17, 15) is 4.79 Å². The molecule has 6 heteroatoms. The van der Waals surface area contributed by atoms with Crippen LogP contribution < -0.4 is 0 Å². The molecular weight excluding hydrogens is 210 g/mol. The molecule has 2 aliphatic heterocycles. The Morgan fingerprint density at radius 2 is 2.50 bits per heavy atom. The van der Waals surface area contributed by atoms with Crippen molar-refractivity contribution < 1.29 is 14.4 Å². The van der Waals surface area contributed by atoms with Crippen molar-refractivity contribution in [3.05, 3.63) is 12.2 Å². The van der Waals surface area contributed by atoms with Gasteiger partial charge in [-0.3, -0.25) is 9.69 Å². The molecule has 3 unspecified atom stereocenters. The Bertz CT molecular complexity index is 392. The molecule has 0 spiro atoms. The second kappa shape index (κ2) is 3.55. The maximum atomic E-state index is 11.1. The van der Waals surface area contributed by atoms with Crippen LogP contribution in [0.25, 0.3) is 0 Å². The van der Waals surface area contributed by atoms with E-state index in [0.717, 1.165) is 19.3 Å². The number of hydrogen-bond acceptors (Lipinski definition) is 5. The summed E-state index contributed by atoms with van der Waals surface area (Å²) in [5.41, 5.74) is 0. The van der Waals surface area contributed by atoms with E-state index in [0.29, 0.717) is 18.5 Å². The third-order valence-electron chi connectivity index (χ3n) is 3.72. The molecule has 16 heavy (non-hydrogen) atoms. The summed E-state index contributed by atoms with van der Waals surface area (Å²) in [6, 6.07) is 0.521. The summed E-state index contributed by atoms with van der Waals surface area (Å²) in [6.45, 7) is 0.582. The third kappa shape index (κ3) is 1.41. The van der Waals surface area contributed by atoms with E-state index in [1.165, 1.54) is 6.33 Å². The highest BCUT2D eigenvalue weighted by atomic mass is 16.5. The van der Waals surface area contributed by atoms with Crippen LogP contribution in [0.2, 0.25) is 0 Å². The fraction of sp³-hybridized carbons (Fsp3) is 0.700. The van der Waals surface area contributed by atoms with Crippen molar-refractivity contribution in [1.82, 2.24) is 15.0 Å². The minimum atomic E-state index is -0.678. The van der Waals surface area contributed by atoms with Crippen molar-refractivity contribution in [3.63, 3.8) is 0 Å². The standard InChI is InChI=1S/C10H13N3O3/c14-10(15)7-3-6-1-2-8(7)13(6)4-9-11-5-12-16-9/h5-8H,1-4H2,(H,14,15). The molecule has 3 atom stereocenters. The summed E-state index contributed by atoms with van der Waals surface area (Å²) in [5.74, 6) is -0.327. The van der Waals surface area contributed by atoms with Gasteiger partial charge in [0.1, 0.15) is 0 Å². The molecule has 2 aliphatic rings. The van der Waals surface area contributed by atoms with Crippen LogP contribution in [0.3, 0.4) is 0 Å². The Hall–Kier alpha value is -1.43. The molecule has 86 valence electrons. The first-order valence-electron chi connectivity index (χ1n) is 5.50. The van der Waals surface area contributed by atoms with E-state index in [1.54, 1.807) is 0 Å². The Kier molecular flexibility index (Phi) is 2.17. The van der Waals surface area contributed by atoms with E-state index in [2.05, 4.69) is 15.0 Å². The van der Waals surface area contributed by atoms with Gasteiger partial charge in [0, 0.05) is 12.1 Å².